The summed E-state index contributed by atoms with van der Waals surface area (Å²) in [5.74, 6) is 0. The van der Waals surface area contributed by atoms with E-state index in [1.807, 2.05) is 19.1 Å². The summed E-state index contributed by atoms with van der Waals surface area (Å²) in [6, 6.07) is 18.9. The Bertz CT molecular complexity index is 798. The molecule has 0 aliphatic rings. The molecule has 1 nitrogen and oxygen atoms in total. The van der Waals surface area contributed by atoms with Gasteiger partial charge in [-0.25, -0.2) is 0 Å². The summed E-state index contributed by atoms with van der Waals surface area (Å²) in [7, 11) is 0. The van der Waals surface area contributed by atoms with Crippen molar-refractivity contribution in [3.8, 4) is 0 Å². The van der Waals surface area contributed by atoms with E-state index in [0.29, 0.717) is 0 Å². The average molecular weight is 361 g/mol. The minimum absolute atomic E-state index is 0.767. The van der Waals surface area contributed by atoms with E-state index in [2.05, 4.69) is 63.7 Å². The van der Waals surface area contributed by atoms with E-state index in [4.69, 9.17) is 11.6 Å². The number of hydrogen-bond donors (Lipinski definition) is 1. The molecule has 0 aromatic heterocycles. The molecular formula is C18H15BrClN. The van der Waals surface area contributed by atoms with Gasteiger partial charge < -0.3 is 5.32 Å². The third kappa shape index (κ3) is 3.22. The van der Waals surface area contributed by atoms with E-state index < -0.39 is 0 Å². The molecule has 0 bridgehead atoms. The maximum atomic E-state index is 6.18. The van der Waals surface area contributed by atoms with Gasteiger partial charge in [0.05, 0.1) is 5.69 Å². The Hall–Kier alpha value is -1.51. The standard InChI is InChI=1S/C18H15BrClN/c1-12-8-16(19)18(10-17(12)20)21-11-13-6-7-14-4-2-3-5-15(14)9-13/h2-10,21H,11H2,1H3. The van der Waals surface area contributed by atoms with Crippen molar-refractivity contribution in [2.75, 3.05) is 5.32 Å². The Morgan fingerprint density at radius 1 is 1.00 bits per heavy atom. The summed E-state index contributed by atoms with van der Waals surface area (Å²) in [4.78, 5) is 0. The second-order valence-electron chi connectivity index (χ2n) is 5.12. The minimum atomic E-state index is 0.767. The maximum Gasteiger partial charge on any atom is 0.0502 e. The van der Waals surface area contributed by atoms with Crippen LogP contribution >= 0.6 is 27.5 Å². The van der Waals surface area contributed by atoms with Gasteiger partial charge in [0.15, 0.2) is 0 Å². The van der Waals surface area contributed by atoms with Gasteiger partial charge in [-0.1, -0.05) is 48.0 Å². The Morgan fingerprint density at radius 3 is 2.57 bits per heavy atom. The van der Waals surface area contributed by atoms with Gasteiger partial charge in [0, 0.05) is 16.0 Å². The smallest absolute Gasteiger partial charge is 0.0502 e. The molecule has 0 unspecified atom stereocenters. The summed E-state index contributed by atoms with van der Waals surface area (Å²) in [6.07, 6.45) is 0. The number of anilines is 1. The first-order valence-electron chi connectivity index (χ1n) is 6.81. The number of rotatable bonds is 3. The van der Waals surface area contributed by atoms with Crippen molar-refractivity contribution in [3.63, 3.8) is 0 Å². The highest BCUT2D eigenvalue weighted by Gasteiger charge is 2.04. The van der Waals surface area contributed by atoms with Gasteiger partial charge in [0.25, 0.3) is 0 Å². The van der Waals surface area contributed by atoms with Crippen molar-refractivity contribution in [2.24, 2.45) is 0 Å². The molecule has 0 atom stereocenters. The molecule has 3 rings (SSSR count). The van der Waals surface area contributed by atoms with Crippen LogP contribution in [0.5, 0.6) is 0 Å². The molecule has 0 heterocycles. The first-order chi connectivity index (χ1) is 10.1. The Kier molecular flexibility index (Phi) is 4.18. The number of fused-ring (bicyclic) bond motifs is 1. The highest BCUT2D eigenvalue weighted by atomic mass is 79.9. The molecule has 3 aromatic rings. The molecule has 106 valence electrons. The van der Waals surface area contributed by atoms with E-state index in [1.165, 1.54) is 16.3 Å². The van der Waals surface area contributed by atoms with Crippen molar-refractivity contribution in [3.05, 3.63) is 75.2 Å². The highest BCUT2D eigenvalue weighted by molar-refractivity contribution is 9.10. The quantitative estimate of drug-likeness (QED) is 0.588. The molecule has 21 heavy (non-hydrogen) atoms. The highest BCUT2D eigenvalue weighted by Crippen LogP contribution is 2.29. The number of benzene rings is 3. The predicted molar refractivity (Wildman–Crippen MR) is 95.2 cm³/mol. The van der Waals surface area contributed by atoms with Gasteiger partial charge in [-0.3, -0.25) is 0 Å². The van der Waals surface area contributed by atoms with Gasteiger partial charge in [-0.15, -0.1) is 0 Å². The largest absolute Gasteiger partial charge is 0.380 e. The van der Waals surface area contributed by atoms with Gasteiger partial charge in [-0.2, -0.15) is 0 Å². The summed E-state index contributed by atoms with van der Waals surface area (Å²) in [5.41, 5.74) is 3.33. The van der Waals surface area contributed by atoms with Crippen LogP contribution in [0.15, 0.2) is 59.1 Å². The summed E-state index contributed by atoms with van der Waals surface area (Å²) >= 11 is 9.76. The lowest BCUT2D eigenvalue weighted by Crippen LogP contribution is -2.00. The molecule has 0 spiro atoms. The Labute approximate surface area is 138 Å². The van der Waals surface area contributed by atoms with E-state index in [-0.39, 0.29) is 0 Å². The molecule has 0 amide bonds. The van der Waals surface area contributed by atoms with Crippen LogP contribution in [0, 0.1) is 6.92 Å². The summed E-state index contributed by atoms with van der Waals surface area (Å²) in [6.45, 7) is 2.77. The molecule has 0 fully saturated rings. The molecule has 0 aliphatic heterocycles. The monoisotopic (exact) mass is 359 g/mol. The SMILES string of the molecule is Cc1cc(Br)c(NCc2ccc3ccccc3c2)cc1Cl. The molecule has 3 heteroatoms. The second-order valence-corrected chi connectivity index (χ2v) is 6.38. The summed E-state index contributed by atoms with van der Waals surface area (Å²) < 4.78 is 1.03. The topological polar surface area (TPSA) is 12.0 Å². The van der Waals surface area contributed by atoms with Crippen molar-refractivity contribution in [2.45, 2.75) is 13.5 Å². The lowest BCUT2D eigenvalue weighted by atomic mass is 10.1. The second kappa shape index (κ2) is 6.08. The maximum absolute atomic E-state index is 6.18. The minimum Gasteiger partial charge on any atom is -0.380 e. The molecule has 3 aromatic carbocycles. The van der Waals surface area contributed by atoms with E-state index in [0.717, 1.165) is 27.3 Å². The van der Waals surface area contributed by atoms with Crippen LogP contribution in [0.4, 0.5) is 5.69 Å². The van der Waals surface area contributed by atoms with Crippen LogP contribution in [-0.4, -0.2) is 0 Å². The van der Waals surface area contributed by atoms with Crippen molar-refractivity contribution >= 4 is 44.0 Å². The Morgan fingerprint density at radius 2 is 1.76 bits per heavy atom. The van der Waals surface area contributed by atoms with Crippen LogP contribution in [-0.2, 0) is 6.54 Å². The van der Waals surface area contributed by atoms with Crippen LogP contribution in [0.3, 0.4) is 0 Å². The van der Waals surface area contributed by atoms with Crippen LogP contribution in [0.25, 0.3) is 10.8 Å². The van der Waals surface area contributed by atoms with Crippen molar-refractivity contribution in [1.82, 2.24) is 0 Å². The molecular weight excluding hydrogens is 346 g/mol. The van der Waals surface area contributed by atoms with Gasteiger partial charge >= 0.3 is 0 Å². The zero-order chi connectivity index (χ0) is 14.8. The number of nitrogens with one attached hydrogen (secondary N) is 1. The normalized spacial score (nSPS) is 10.8. The third-order valence-corrected chi connectivity index (χ3v) is 4.61. The van der Waals surface area contributed by atoms with E-state index in [1.54, 1.807) is 0 Å². The van der Waals surface area contributed by atoms with E-state index in [9.17, 15) is 0 Å². The first-order valence-corrected chi connectivity index (χ1v) is 7.98. The van der Waals surface area contributed by atoms with Gasteiger partial charge in [0.1, 0.15) is 0 Å². The predicted octanol–water partition coefficient (Wildman–Crippen LogP) is 6.18. The fourth-order valence-electron chi connectivity index (χ4n) is 2.33. The number of hydrogen-bond acceptors (Lipinski definition) is 1. The zero-order valence-corrected chi connectivity index (χ0v) is 14.0. The van der Waals surface area contributed by atoms with Crippen LogP contribution in [0.1, 0.15) is 11.1 Å². The fourth-order valence-corrected chi connectivity index (χ4v) is 3.09. The van der Waals surface area contributed by atoms with Gasteiger partial charge in [0.2, 0.25) is 0 Å². The Balaban J connectivity index is 1.81. The van der Waals surface area contributed by atoms with Crippen LogP contribution < -0.4 is 5.32 Å². The third-order valence-electron chi connectivity index (χ3n) is 3.55. The fraction of sp³-hybridized carbons (Fsp3) is 0.111. The molecule has 1 N–H and O–H groups in total. The first kappa shape index (κ1) is 14.4. The number of aryl methyl sites for hydroxylation is 1. The zero-order valence-electron chi connectivity index (χ0n) is 11.7. The van der Waals surface area contributed by atoms with Crippen molar-refractivity contribution < 1.29 is 0 Å². The van der Waals surface area contributed by atoms with E-state index >= 15 is 0 Å². The average Bonchev–Trinajstić information content (AvgIpc) is 2.49. The lowest BCUT2D eigenvalue weighted by molar-refractivity contribution is 1.15. The molecule has 0 saturated heterocycles. The molecule has 0 aliphatic carbocycles. The van der Waals surface area contributed by atoms with Crippen LogP contribution in [0.2, 0.25) is 5.02 Å². The summed E-state index contributed by atoms with van der Waals surface area (Å²) in [5, 5.41) is 6.73. The van der Waals surface area contributed by atoms with Crippen molar-refractivity contribution in [1.29, 1.82) is 0 Å². The lowest BCUT2D eigenvalue weighted by Gasteiger charge is -2.11. The molecule has 0 saturated carbocycles. The van der Waals surface area contributed by atoms with Gasteiger partial charge in [-0.05, 0) is 63.0 Å². The number of halogens is 2. The molecule has 0 radical (unpaired) electrons.